The first-order valence-electron chi connectivity index (χ1n) is 13.5. The Labute approximate surface area is 260 Å². The first kappa shape index (κ1) is 31.5. The van der Waals surface area contributed by atoms with Gasteiger partial charge in [-0.05, 0) is 11.8 Å². The Kier molecular flexibility index (Phi) is 7.94. The molecular formula is C21H26FN11O10P2S. The highest BCUT2D eigenvalue weighted by molar-refractivity contribution is 8.07. The molecule has 3 aliphatic rings. The number of anilines is 2. The lowest BCUT2D eigenvalue weighted by Crippen LogP contribution is -2.43. The third-order valence-electron chi connectivity index (χ3n) is 7.80. The zero-order valence-electron chi connectivity index (χ0n) is 23.1. The number of fused-ring (bicyclic) bond motifs is 5. The summed E-state index contributed by atoms with van der Waals surface area (Å²) in [6.07, 6.45) is -4.96. The number of hydrogen-bond donors (Lipinski definition) is 7. The van der Waals surface area contributed by atoms with Crippen molar-refractivity contribution in [2.45, 2.75) is 43.0 Å². The number of ether oxygens (including phenoxy) is 2. The van der Waals surface area contributed by atoms with Crippen LogP contribution in [0.15, 0.2) is 23.8 Å². The molecule has 10 atom stereocenters. The van der Waals surface area contributed by atoms with Gasteiger partial charge in [-0.25, -0.2) is 34.0 Å². The summed E-state index contributed by atoms with van der Waals surface area (Å²) in [7, 11) is -4.82. The molecule has 2 bridgehead atoms. The van der Waals surface area contributed by atoms with Crippen molar-refractivity contribution in [2.24, 2.45) is 5.92 Å². The Morgan fingerprint density at radius 2 is 1.72 bits per heavy atom. The number of nitrogen functional groups attached to an aromatic ring is 2. The summed E-state index contributed by atoms with van der Waals surface area (Å²) in [4.78, 5) is 56.8. The highest BCUT2D eigenvalue weighted by Gasteiger charge is 2.53. The zero-order chi connectivity index (χ0) is 32.5. The SMILES string of the molecule is Nc1nc2c(ncn2C2OC3COP(=O)(O)NC4C(COP(O)(=S)OC2C3CO)OC(n2cnc3c(N)ncnc32)C4F)c(=O)[nH]1. The maximum absolute atomic E-state index is 16.0. The molecule has 4 aromatic rings. The Balaban J connectivity index is 1.22. The van der Waals surface area contributed by atoms with Crippen molar-refractivity contribution in [1.29, 1.82) is 0 Å². The largest absolute Gasteiger partial charge is 0.403 e. The monoisotopic (exact) mass is 705 g/mol. The zero-order valence-corrected chi connectivity index (χ0v) is 25.7. The second-order valence-electron chi connectivity index (χ2n) is 10.6. The van der Waals surface area contributed by atoms with Gasteiger partial charge in [0.2, 0.25) is 5.95 Å². The number of hydrogen-bond acceptors (Lipinski definition) is 16. The molecule has 21 nitrogen and oxygen atoms in total. The van der Waals surface area contributed by atoms with Gasteiger partial charge in [-0.15, -0.1) is 0 Å². The highest BCUT2D eigenvalue weighted by atomic mass is 32.5. The summed E-state index contributed by atoms with van der Waals surface area (Å²) in [5, 5.41) is 12.6. The number of aromatic amines is 1. The fourth-order valence-electron chi connectivity index (χ4n) is 5.69. The van der Waals surface area contributed by atoms with Gasteiger partial charge >= 0.3 is 14.5 Å². The van der Waals surface area contributed by atoms with Crippen LogP contribution >= 0.6 is 14.5 Å². The Hall–Kier alpha value is -3.05. The van der Waals surface area contributed by atoms with Crippen molar-refractivity contribution < 1.29 is 46.9 Å². The van der Waals surface area contributed by atoms with Gasteiger partial charge in [0, 0.05) is 5.92 Å². The van der Waals surface area contributed by atoms with Gasteiger partial charge in [0.15, 0.2) is 41.3 Å². The molecule has 9 N–H and O–H groups in total. The molecule has 3 aliphatic heterocycles. The minimum Gasteiger partial charge on any atom is -0.396 e. The van der Waals surface area contributed by atoms with E-state index < -0.39 is 88.7 Å². The van der Waals surface area contributed by atoms with Crippen LogP contribution < -0.4 is 22.1 Å². The van der Waals surface area contributed by atoms with Crippen molar-refractivity contribution in [3.8, 4) is 0 Å². The molecule has 10 unspecified atom stereocenters. The second kappa shape index (κ2) is 11.6. The molecule has 0 spiro atoms. The number of aliphatic hydroxyl groups excluding tert-OH is 1. The summed E-state index contributed by atoms with van der Waals surface area (Å²) in [6.45, 7) is -6.14. The van der Waals surface area contributed by atoms with E-state index in [2.05, 4.69) is 35.0 Å². The van der Waals surface area contributed by atoms with Crippen LogP contribution in [-0.2, 0) is 39.4 Å². The number of nitrogens with two attached hydrogens (primary N) is 2. The molecular weight excluding hydrogens is 679 g/mol. The van der Waals surface area contributed by atoms with Gasteiger partial charge in [-0.3, -0.25) is 23.4 Å². The number of H-pyrrole nitrogens is 1. The lowest BCUT2D eigenvalue weighted by Gasteiger charge is -2.28. The molecule has 248 valence electrons. The number of aromatic nitrogens is 8. The van der Waals surface area contributed by atoms with Crippen LogP contribution in [0.5, 0.6) is 0 Å². The molecule has 0 saturated carbocycles. The topological polar surface area (TPSA) is 295 Å². The fourth-order valence-corrected chi connectivity index (χ4v) is 8.25. The summed E-state index contributed by atoms with van der Waals surface area (Å²) in [5.41, 5.74) is 11.1. The van der Waals surface area contributed by atoms with E-state index in [0.29, 0.717) is 0 Å². The van der Waals surface area contributed by atoms with Crippen LogP contribution in [0.4, 0.5) is 16.2 Å². The Morgan fingerprint density at radius 3 is 2.48 bits per heavy atom. The van der Waals surface area contributed by atoms with E-state index in [1.54, 1.807) is 0 Å². The average Bonchev–Trinajstić information content (AvgIpc) is 3.75. The van der Waals surface area contributed by atoms with Crippen LogP contribution in [0.2, 0.25) is 0 Å². The average molecular weight is 706 g/mol. The quantitative estimate of drug-likeness (QED) is 0.120. The fraction of sp³-hybridized carbons (Fsp3) is 0.524. The summed E-state index contributed by atoms with van der Waals surface area (Å²) in [6, 6.07) is -1.54. The third kappa shape index (κ3) is 5.51. The van der Waals surface area contributed by atoms with Crippen LogP contribution in [0.25, 0.3) is 22.3 Å². The number of aliphatic hydroxyl groups is 1. The van der Waals surface area contributed by atoms with Gasteiger partial charge in [0.25, 0.3) is 5.56 Å². The van der Waals surface area contributed by atoms with E-state index in [0.717, 1.165) is 6.33 Å². The lowest BCUT2D eigenvalue weighted by atomic mass is 9.99. The highest BCUT2D eigenvalue weighted by Crippen LogP contribution is 2.53. The second-order valence-corrected chi connectivity index (χ2v) is 14.9. The molecule has 25 heteroatoms. The molecule has 7 heterocycles. The van der Waals surface area contributed by atoms with Crippen LogP contribution in [-0.4, -0.2) is 104 Å². The number of imidazole rings is 2. The van der Waals surface area contributed by atoms with Gasteiger partial charge in [-0.2, -0.15) is 4.98 Å². The summed E-state index contributed by atoms with van der Waals surface area (Å²) < 4.78 is 60.5. The van der Waals surface area contributed by atoms with E-state index in [4.69, 9.17) is 46.3 Å². The van der Waals surface area contributed by atoms with Crippen molar-refractivity contribution >= 4 is 60.4 Å². The van der Waals surface area contributed by atoms with E-state index in [1.807, 2.05) is 0 Å². The lowest BCUT2D eigenvalue weighted by molar-refractivity contribution is -0.0520. The van der Waals surface area contributed by atoms with E-state index >= 15 is 4.39 Å². The van der Waals surface area contributed by atoms with E-state index in [1.165, 1.54) is 21.8 Å². The Bertz CT molecular complexity index is 1960. The maximum Gasteiger partial charge on any atom is 0.403 e. The molecule has 46 heavy (non-hydrogen) atoms. The standard InChI is InChI=1S/C21H26FN11O10P2S/c22-10-11-9(42-19(10)32-5-27-12-15(23)25-4-26-16(12)32)3-40-45(38,46)43-14-7(1-34)8(2-39-44(36,37)31-11)41-20(14)33-6-28-13-17(33)29-21(24)30-18(13)35/h4-11,14,19-20,34H,1-3H2,(H,38,46)(H2,23,25,26)(H2,31,36,37)(H3,24,29,30,35). The minimum absolute atomic E-state index is 0.0258. The number of nitrogens with one attached hydrogen (secondary N) is 2. The van der Waals surface area contributed by atoms with Crippen molar-refractivity contribution in [3.63, 3.8) is 0 Å². The van der Waals surface area contributed by atoms with Crippen molar-refractivity contribution in [2.75, 3.05) is 31.3 Å². The first-order valence-corrected chi connectivity index (χ1v) is 17.6. The smallest absolute Gasteiger partial charge is 0.396 e. The van der Waals surface area contributed by atoms with Crippen LogP contribution in [0, 0.1) is 5.92 Å². The molecule has 7 rings (SSSR count). The van der Waals surface area contributed by atoms with Gasteiger partial charge < -0.3 is 44.9 Å². The van der Waals surface area contributed by atoms with E-state index in [-0.39, 0.29) is 34.1 Å². The molecule has 0 amide bonds. The molecule has 0 aromatic carbocycles. The van der Waals surface area contributed by atoms with Gasteiger partial charge in [0.1, 0.15) is 24.1 Å². The molecule has 0 radical (unpaired) electrons. The third-order valence-corrected chi connectivity index (χ3v) is 10.5. The summed E-state index contributed by atoms with van der Waals surface area (Å²) >= 11 is 5.28. The predicted molar refractivity (Wildman–Crippen MR) is 156 cm³/mol. The van der Waals surface area contributed by atoms with Crippen molar-refractivity contribution in [3.05, 3.63) is 29.3 Å². The minimum atomic E-state index is -4.82. The molecule has 0 aliphatic carbocycles. The number of halogens is 1. The number of rotatable bonds is 3. The van der Waals surface area contributed by atoms with Crippen molar-refractivity contribution in [1.82, 2.24) is 44.1 Å². The Morgan fingerprint density at radius 1 is 1.02 bits per heavy atom. The number of alkyl halides is 1. The summed E-state index contributed by atoms with van der Waals surface area (Å²) in [5.74, 6) is -1.22. The molecule has 4 aromatic heterocycles. The molecule has 3 fully saturated rings. The number of nitrogens with zero attached hydrogens (tertiary/aromatic N) is 7. The van der Waals surface area contributed by atoms with Gasteiger partial charge in [0.05, 0.1) is 44.6 Å². The predicted octanol–water partition coefficient (Wildman–Crippen LogP) is -1.43. The van der Waals surface area contributed by atoms with Crippen LogP contribution in [0.3, 0.4) is 0 Å². The van der Waals surface area contributed by atoms with Gasteiger partial charge in [-0.1, -0.05) is 0 Å². The van der Waals surface area contributed by atoms with Crippen LogP contribution in [0.1, 0.15) is 12.5 Å². The first-order chi connectivity index (χ1) is 21.9. The molecule has 3 saturated heterocycles. The van der Waals surface area contributed by atoms with E-state index in [9.17, 15) is 24.3 Å². The normalized spacial score (nSPS) is 37.1. The maximum atomic E-state index is 16.0.